The fourth-order valence-electron chi connectivity index (χ4n) is 4.24. The number of fused-ring (bicyclic) bond motifs is 3. The van der Waals surface area contributed by atoms with Crippen LogP contribution in [0.4, 0.5) is 4.79 Å². The number of hydrogen-bond acceptors (Lipinski definition) is 6. The number of rotatable bonds is 10. The van der Waals surface area contributed by atoms with Crippen molar-refractivity contribution in [2.75, 3.05) is 13.2 Å². The van der Waals surface area contributed by atoms with Crippen LogP contribution in [0.3, 0.4) is 0 Å². The van der Waals surface area contributed by atoms with Crippen LogP contribution in [0.15, 0.2) is 54.9 Å². The second kappa shape index (κ2) is 10.8. The molecule has 1 unspecified atom stereocenters. The predicted molar refractivity (Wildman–Crippen MR) is 127 cm³/mol. The van der Waals surface area contributed by atoms with E-state index in [-0.39, 0.29) is 31.9 Å². The molecule has 0 fully saturated rings. The number of hydrogen-bond donors (Lipinski definition) is 3. The summed E-state index contributed by atoms with van der Waals surface area (Å²) in [6, 6.07) is 14.9. The maximum absolute atomic E-state index is 12.7. The Bertz CT molecular complexity index is 1180. The maximum Gasteiger partial charge on any atom is 0.407 e. The molecule has 2 aromatic carbocycles. The molecular formula is C25H27N5O5. The Morgan fingerprint density at radius 3 is 2.34 bits per heavy atom. The lowest BCUT2D eigenvalue weighted by atomic mass is 9.98. The van der Waals surface area contributed by atoms with Gasteiger partial charge in [0.25, 0.3) is 0 Å². The molecule has 1 aromatic heterocycles. The third-order valence-corrected chi connectivity index (χ3v) is 5.89. The van der Waals surface area contributed by atoms with E-state index in [2.05, 4.69) is 20.7 Å². The van der Waals surface area contributed by atoms with E-state index in [4.69, 9.17) is 9.84 Å². The van der Waals surface area contributed by atoms with Gasteiger partial charge in [0.15, 0.2) is 5.82 Å². The van der Waals surface area contributed by atoms with Crippen molar-refractivity contribution in [2.24, 2.45) is 7.05 Å². The minimum Gasteiger partial charge on any atom is -0.481 e. The van der Waals surface area contributed by atoms with Crippen molar-refractivity contribution >= 4 is 18.0 Å². The second-order valence-corrected chi connectivity index (χ2v) is 8.33. The second-order valence-electron chi connectivity index (χ2n) is 8.33. The lowest BCUT2D eigenvalue weighted by Crippen LogP contribution is -2.47. The van der Waals surface area contributed by atoms with E-state index < -0.39 is 24.0 Å². The summed E-state index contributed by atoms with van der Waals surface area (Å²) in [5.41, 5.74) is 4.37. The first-order valence-electron chi connectivity index (χ1n) is 11.4. The molecule has 182 valence electrons. The number of aliphatic carboxylic acids is 1. The van der Waals surface area contributed by atoms with Crippen molar-refractivity contribution in [3.63, 3.8) is 0 Å². The minimum absolute atomic E-state index is 0.0623. The molecule has 0 saturated heterocycles. The number of aromatic nitrogens is 3. The van der Waals surface area contributed by atoms with Crippen LogP contribution in [0.2, 0.25) is 0 Å². The number of amides is 2. The van der Waals surface area contributed by atoms with Crippen LogP contribution in [0, 0.1) is 0 Å². The Morgan fingerprint density at radius 2 is 1.74 bits per heavy atom. The molecular weight excluding hydrogens is 450 g/mol. The van der Waals surface area contributed by atoms with E-state index in [1.165, 1.54) is 0 Å². The number of carboxylic acid groups (broad SMARTS) is 1. The average Bonchev–Trinajstić information content (AvgIpc) is 3.41. The number of aryl methyl sites for hydroxylation is 1. The van der Waals surface area contributed by atoms with Gasteiger partial charge in [0.05, 0.1) is 0 Å². The standard InChI is InChI=1S/C25H27N5O5/c1-30-15-27-22(29-30)12-13-26-24(33)21(10-11-23(31)32)28-25(34)35-14-20-18-8-4-2-6-16(18)17-7-3-5-9-19(17)20/h2-9,15,20-21H,10-14H2,1H3,(H,26,33)(H,28,34)(H,31,32). The first-order chi connectivity index (χ1) is 16.9. The predicted octanol–water partition coefficient (Wildman–Crippen LogP) is 2.25. The van der Waals surface area contributed by atoms with Gasteiger partial charge in [0.1, 0.15) is 19.0 Å². The number of carbonyl (C=O) groups excluding carboxylic acids is 2. The van der Waals surface area contributed by atoms with Crippen LogP contribution in [0.1, 0.15) is 35.7 Å². The van der Waals surface area contributed by atoms with Crippen molar-refractivity contribution in [2.45, 2.75) is 31.2 Å². The molecule has 0 saturated carbocycles. The molecule has 0 aliphatic heterocycles. The van der Waals surface area contributed by atoms with Crippen LogP contribution in [0.5, 0.6) is 0 Å². The SMILES string of the molecule is Cn1cnc(CCNC(=O)C(CCC(=O)O)NC(=O)OCC2c3ccccc3-c3ccccc32)n1. The number of carbonyl (C=O) groups is 3. The molecule has 10 nitrogen and oxygen atoms in total. The molecule has 0 radical (unpaired) electrons. The quantitative estimate of drug-likeness (QED) is 0.407. The van der Waals surface area contributed by atoms with Gasteiger partial charge < -0.3 is 20.5 Å². The van der Waals surface area contributed by atoms with Crippen molar-refractivity contribution in [3.05, 3.63) is 71.8 Å². The van der Waals surface area contributed by atoms with Crippen molar-refractivity contribution in [1.82, 2.24) is 25.4 Å². The number of nitrogens with zero attached hydrogens (tertiary/aromatic N) is 3. The number of alkyl carbamates (subject to hydrolysis) is 1. The molecule has 4 rings (SSSR count). The largest absolute Gasteiger partial charge is 0.481 e. The summed E-state index contributed by atoms with van der Waals surface area (Å²) in [6.07, 6.45) is 0.856. The Hall–Kier alpha value is -4.21. The average molecular weight is 478 g/mol. The molecule has 0 bridgehead atoms. The zero-order chi connectivity index (χ0) is 24.8. The summed E-state index contributed by atoms with van der Waals surface area (Å²) in [5, 5.41) is 18.4. The molecule has 1 aliphatic rings. The van der Waals surface area contributed by atoms with Crippen LogP contribution in [0.25, 0.3) is 11.1 Å². The number of benzene rings is 2. The van der Waals surface area contributed by atoms with Gasteiger partial charge in [-0.1, -0.05) is 48.5 Å². The Balaban J connectivity index is 1.35. The van der Waals surface area contributed by atoms with Gasteiger partial charge >= 0.3 is 12.1 Å². The van der Waals surface area contributed by atoms with Crippen molar-refractivity contribution in [3.8, 4) is 11.1 Å². The zero-order valence-corrected chi connectivity index (χ0v) is 19.3. The highest BCUT2D eigenvalue weighted by molar-refractivity contribution is 5.86. The summed E-state index contributed by atoms with van der Waals surface area (Å²) in [4.78, 5) is 40.4. The monoisotopic (exact) mass is 477 g/mol. The zero-order valence-electron chi connectivity index (χ0n) is 19.3. The Kier molecular flexibility index (Phi) is 7.39. The van der Waals surface area contributed by atoms with E-state index in [1.54, 1.807) is 18.1 Å². The van der Waals surface area contributed by atoms with E-state index in [1.807, 2.05) is 48.5 Å². The van der Waals surface area contributed by atoms with Gasteiger partial charge in [-0.3, -0.25) is 14.3 Å². The van der Waals surface area contributed by atoms with Crippen molar-refractivity contribution in [1.29, 1.82) is 0 Å². The highest BCUT2D eigenvalue weighted by Crippen LogP contribution is 2.44. The van der Waals surface area contributed by atoms with E-state index in [0.717, 1.165) is 22.3 Å². The smallest absolute Gasteiger partial charge is 0.407 e. The first-order valence-corrected chi connectivity index (χ1v) is 11.4. The van der Waals surface area contributed by atoms with E-state index in [9.17, 15) is 14.4 Å². The van der Waals surface area contributed by atoms with Crippen LogP contribution in [-0.2, 0) is 27.8 Å². The molecule has 2 amide bonds. The number of carboxylic acids is 1. The van der Waals surface area contributed by atoms with Gasteiger partial charge in [-0.05, 0) is 28.7 Å². The minimum atomic E-state index is -1.06. The van der Waals surface area contributed by atoms with Gasteiger partial charge in [-0.2, -0.15) is 5.10 Å². The summed E-state index contributed by atoms with van der Waals surface area (Å²) in [5.74, 6) is -1.10. The maximum atomic E-state index is 12.7. The Labute approximate surface area is 202 Å². The summed E-state index contributed by atoms with van der Waals surface area (Å²) in [7, 11) is 1.75. The lowest BCUT2D eigenvalue weighted by molar-refractivity contribution is -0.137. The fourth-order valence-corrected chi connectivity index (χ4v) is 4.24. The van der Waals surface area contributed by atoms with Crippen molar-refractivity contribution < 1.29 is 24.2 Å². The molecule has 1 atom stereocenters. The summed E-state index contributed by atoms with van der Waals surface area (Å²) >= 11 is 0. The number of nitrogens with one attached hydrogen (secondary N) is 2. The fraction of sp³-hybridized carbons (Fsp3) is 0.320. The molecule has 0 spiro atoms. The van der Waals surface area contributed by atoms with Gasteiger partial charge in [-0.15, -0.1) is 0 Å². The Morgan fingerprint density at radius 1 is 1.09 bits per heavy atom. The molecule has 1 aliphatic carbocycles. The van der Waals surface area contributed by atoms with Gasteiger partial charge in [0.2, 0.25) is 5.91 Å². The highest BCUT2D eigenvalue weighted by Gasteiger charge is 2.30. The highest BCUT2D eigenvalue weighted by atomic mass is 16.5. The van der Waals surface area contributed by atoms with Crippen LogP contribution < -0.4 is 10.6 Å². The topological polar surface area (TPSA) is 135 Å². The summed E-state index contributed by atoms with van der Waals surface area (Å²) in [6.45, 7) is 0.345. The molecule has 3 N–H and O–H groups in total. The summed E-state index contributed by atoms with van der Waals surface area (Å²) < 4.78 is 7.06. The molecule has 3 aromatic rings. The molecule has 10 heteroatoms. The molecule has 35 heavy (non-hydrogen) atoms. The normalized spacial score (nSPS) is 12.9. The third-order valence-electron chi connectivity index (χ3n) is 5.89. The third kappa shape index (κ3) is 5.84. The number of ether oxygens (including phenoxy) is 1. The van der Waals surface area contributed by atoms with Gasteiger partial charge in [0, 0.05) is 32.4 Å². The van der Waals surface area contributed by atoms with Crippen LogP contribution >= 0.6 is 0 Å². The van der Waals surface area contributed by atoms with E-state index >= 15 is 0 Å². The first kappa shape index (κ1) is 23.9. The lowest BCUT2D eigenvalue weighted by Gasteiger charge is -2.19. The van der Waals surface area contributed by atoms with E-state index in [0.29, 0.717) is 12.2 Å². The van der Waals surface area contributed by atoms with Crippen LogP contribution in [-0.4, -0.2) is 57.0 Å². The van der Waals surface area contributed by atoms with Gasteiger partial charge in [-0.25, -0.2) is 9.78 Å². The molecule has 1 heterocycles.